The molecule has 0 unspecified atom stereocenters. The SMILES string of the molecule is Cc1c(N)cc(C(=O)NCCCn2ccnn2)cc1F. The number of nitrogens with two attached hydrogens (primary N) is 1. The van der Waals surface area contributed by atoms with E-state index in [-0.39, 0.29) is 17.2 Å². The molecule has 0 saturated carbocycles. The van der Waals surface area contributed by atoms with Crippen LogP contribution in [0.15, 0.2) is 24.5 Å². The van der Waals surface area contributed by atoms with Crippen molar-refractivity contribution >= 4 is 11.6 Å². The maximum atomic E-state index is 13.5. The molecule has 0 aliphatic carbocycles. The van der Waals surface area contributed by atoms with E-state index in [4.69, 9.17) is 5.73 Å². The van der Waals surface area contributed by atoms with Crippen LogP contribution in [0.5, 0.6) is 0 Å². The van der Waals surface area contributed by atoms with Crippen molar-refractivity contribution < 1.29 is 9.18 Å². The van der Waals surface area contributed by atoms with Crippen LogP contribution in [0.2, 0.25) is 0 Å². The number of halogens is 1. The normalized spacial score (nSPS) is 10.5. The van der Waals surface area contributed by atoms with Crippen LogP contribution in [0.3, 0.4) is 0 Å². The third-order valence-corrected chi connectivity index (χ3v) is 2.97. The smallest absolute Gasteiger partial charge is 0.251 e. The number of anilines is 1. The Morgan fingerprint density at radius 1 is 1.50 bits per heavy atom. The van der Waals surface area contributed by atoms with Crippen LogP contribution in [-0.4, -0.2) is 27.4 Å². The largest absolute Gasteiger partial charge is 0.398 e. The zero-order chi connectivity index (χ0) is 14.5. The van der Waals surface area contributed by atoms with Gasteiger partial charge in [0.2, 0.25) is 0 Å². The predicted molar refractivity (Wildman–Crippen MR) is 72.5 cm³/mol. The minimum atomic E-state index is -0.474. The van der Waals surface area contributed by atoms with Crippen LogP contribution < -0.4 is 11.1 Å². The van der Waals surface area contributed by atoms with E-state index in [1.54, 1.807) is 24.0 Å². The van der Waals surface area contributed by atoms with Gasteiger partial charge >= 0.3 is 0 Å². The number of hydrogen-bond donors (Lipinski definition) is 2. The number of nitrogen functional groups attached to an aromatic ring is 1. The molecule has 1 aromatic carbocycles. The summed E-state index contributed by atoms with van der Waals surface area (Å²) in [6, 6.07) is 2.67. The predicted octanol–water partition coefficient (Wildman–Crippen LogP) is 1.13. The molecule has 0 atom stereocenters. The summed E-state index contributed by atoms with van der Waals surface area (Å²) in [5, 5.41) is 10.2. The lowest BCUT2D eigenvalue weighted by Crippen LogP contribution is -2.25. The molecule has 6 nitrogen and oxygen atoms in total. The molecule has 0 radical (unpaired) electrons. The first-order valence-corrected chi connectivity index (χ1v) is 6.26. The van der Waals surface area contributed by atoms with E-state index < -0.39 is 5.82 Å². The van der Waals surface area contributed by atoms with Gasteiger partial charge in [0.15, 0.2) is 0 Å². The van der Waals surface area contributed by atoms with Crippen LogP contribution in [0, 0.1) is 12.7 Å². The Balaban J connectivity index is 1.86. The molecule has 0 aliphatic rings. The molecule has 1 amide bonds. The Hall–Kier alpha value is -2.44. The van der Waals surface area contributed by atoms with Gasteiger partial charge in [0.1, 0.15) is 5.82 Å². The number of carbonyl (C=O) groups excluding carboxylic acids is 1. The van der Waals surface area contributed by atoms with Gasteiger partial charge in [-0.25, -0.2) is 4.39 Å². The Labute approximate surface area is 115 Å². The Morgan fingerprint density at radius 2 is 2.30 bits per heavy atom. The highest BCUT2D eigenvalue weighted by Crippen LogP contribution is 2.17. The first-order valence-electron chi connectivity index (χ1n) is 6.26. The van der Waals surface area contributed by atoms with Crippen molar-refractivity contribution in [2.45, 2.75) is 19.9 Å². The number of rotatable bonds is 5. The first kappa shape index (κ1) is 14.0. The average molecular weight is 277 g/mol. The molecule has 1 heterocycles. The molecule has 0 bridgehead atoms. The van der Waals surface area contributed by atoms with Gasteiger partial charge in [0, 0.05) is 36.1 Å². The highest BCUT2D eigenvalue weighted by Gasteiger charge is 2.10. The van der Waals surface area contributed by atoms with Crippen LogP contribution in [0.4, 0.5) is 10.1 Å². The number of aryl methyl sites for hydroxylation is 1. The average Bonchev–Trinajstić information content (AvgIpc) is 2.93. The molecule has 0 fully saturated rings. The van der Waals surface area contributed by atoms with E-state index in [1.165, 1.54) is 12.1 Å². The monoisotopic (exact) mass is 277 g/mol. The molecular weight excluding hydrogens is 261 g/mol. The fourth-order valence-corrected chi connectivity index (χ4v) is 1.73. The molecule has 3 N–H and O–H groups in total. The van der Waals surface area contributed by atoms with Crippen molar-refractivity contribution in [3.8, 4) is 0 Å². The second-order valence-corrected chi connectivity index (χ2v) is 4.45. The van der Waals surface area contributed by atoms with Crippen molar-refractivity contribution in [3.63, 3.8) is 0 Å². The van der Waals surface area contributed by atoms with Gasteiger partial charge in [-0.15, -0.1) is 5.10 Å². The zero-order valence-electron chi connectivity index (χ0n) is 11.1. The van der Waals surface area contributed by atoms with Gasteiger partial charge in [-0.2, -0.15) is 0 Å². The molecule has 2 rings (SSSR count). The first-order chi connectivity index (χ1) is 9.58. The minimum Gasteiger partial charge on any atom is -0.398 e. The van der Waals surface area contributed by atoms with Crippen LogP contribution in [0.1, 0.15) is 22.3 Å². The highest BCUT2D eigenvalue weighted by molar-refractivity contribution is 5.95. The van der Waals surface area contributed by atoms with Crippen LogP contribution in [-0.2, 0) is 6.54 Å². The summed E-state index contributed by atoms with van der Waals surface area (Å²) in [5.74, 6) is -0.813. The van der Waals surface area contributed by atoms with E-state index in [9.17, 15) is 9.18 Å². The van der Waals surface area contributed by atoms with E-state index in [0.29, 0.717) is 25.1 Å². The summed E-state index contributed by atoms with van der Waals surface area (Å²) in [5.41, 5.74) is 6.50. The maximum absolute atomic E-state index is 13.5. The summed E-state index contributed by atoms with van der Waals surface area (Å²) in [4.78, 5) is 11.9. The number of nitrogens with zero attached hydrogens (tertiary/aromatic N) is 3. The lowest BCUT2D eigenvalue weighted by molar-refractivity contribution is 0.0952. The van der Waals surface area contributed by atoms with Crippen LogP contribution >= 0.6 is 0 Å². The topological polar surface area (TPSA) is 85.8 Å². The van der Waals surface area contributed by atoms with Gasteiger partial charge < -0.3 is 11.1 Å². The van der Waals surface area contributed by atoms with E-state index >= 15 is 0 Å². The Morgan fingerprint density at radius 3 is 2.95 bits per heavy atom. The summed E-state index contributed by atoms with van der Waals surface area (Å²) in [7, 11) is 0. The van der Waals surface area contributed by atoms with Gasteiger partial charge in [-0.1, -0.05) is 5.21 Å². The summed E-state index contributed by atoms with van der Waals surface area (Å²) in [6.07, 6.45) is 4.05. The van der Waals surface area contributed by atoms with Gasteiger partial charge in [-0.3, -0.25) is 9.48 Å². The Kier molecular flexibility index (Phi) is 4.29. The number of nitrogens with one attached hydrogen (secondary N) is 1. The van der Waals surface area contributed by atoms with E-state index in [2.05, 4.69) is 15.6 Å². The number of carbonyl (C=O) groups is 1. The van der Waals surface area contributed by atoms with Gasteiger partial charge in [0.25, 0.3) is 5.91 Å². The van der Waals surface area contributed by atoms with Crippen molar-refractivity contribution in [2.24, 2.45) is 0 Å². The van der Waals surface area contributed by atoms with Gasteiger partial charge in [-0.05, 0) is 25.5 Å². The molecule has 0 aliphatic heterocycles. The molecule has 20 heavy (non-hydrogen) atoms. The number of hydrogen-bond acceptors (Lipinski definition) is 4. The number of aromatic nitrogens is 3. The summed E-state index contributed by atoms with van der Waals surface area (Å²) in [6.45, 7) is 2.70. The van der Waals surface area contributed by atoms with Crippen molar-refractivity contribution in [2.75, 3.05) is 12.3 Å². The van der Waals surface area contributed by atoms with Crippen LogP contribution in [0.25, 0.3) is 0 Å². The summed E-state index contributed by atoms with van der Waals surface area (Å²) < 4.78 is 15.2. The number of benzene rings is 1. The van der Waals surface area contributed by atoms with Gasteiger partial charge in [0.05, 0.1) is 6.20 Å². The lowest BCUT2D eigenvalue weighted by Gasteiger charge is -2.08. The molecule has 7 heteroatoms. The molecular formula is C13H16FN5O. The second-order valence-electron chi connectivity index (χ2n) is 4.45. The summed E-state index contributed by atoms with van der Waals surface area (Å²) >= 11 is 0. The van der Waals surface area contributed by atoms with Crippen molar-refractivity contribution in [1.82, 2.24) is 20.3 Å². The molecule has 1 aromatic heterocycles. The lowest BCUT2D eigenvalue weighted by atomic mass is 10.1. The molecule has 106 valence electrons. The quantitative estimate of drug-likeness (QED) is 0.633. The molecule has 2 aromatic rings. The second kappa shape index (κ2) is 6.14. The van der Waals surface area contributed by atoms with Crippen molar-refractivity contribution in [3.05, 3.63) is 41.5 Å². The third-order valence-electron chi connectivity index (χ3n) is 2.97. The third kappa shape index (κ3) is 3.31. The molecule has 0 spiro atoms. The van der Waals surface area contributed by atoms with E-state index in [1.807, 2.05) is 0 Å². The zero-order valence-corrected chi connectivity index (χ0v) is 11.1. The standard InChI is InChI=1S/C13H16FN5O/c1-9-11(14)7-10(8-12(9)15)13(20)16-3-2-5-19-6-4-17-18-19/h4,6-8H,2-3,5,15H2,1H3,(H,16,20). The van der Waals surface area contributed by atoms with E-state index in [0.717, 1.165) is 0 Å². The fourth-order valence-electron chi connectivity index (χ4n) is 1.73. The number of amides is 1. The fraction of sp³-hybridized carbons (Fsp3) is 0.308. The Bertz CT molecular complexity index is 574. The van der Waals surface area contributed by atoms with Crippen molar-refractivity contribution in [1.29, 1.82) is 0 Å². The molecule has 0 saturated heterocycles. The minimum absolute atomic E-state index is 0.228. The maximum Gasteiger partial charge on any atom is 0.251 e. The highest BCUT2D eigenvalue weighted by atomic mass is 19.1.